The topological polar surface area (TPSA) is 58.6 Å². The molecule has 1 aliphatic carbocycles. The van der Waals surface area contributed by atoms with Gasteiger partial charge in [0.1, 0.15) is 11.8 Å². The predicted octanol–water partition coefficient (Wildman–Crippen LogP) is 4.24. The van der Waals surface area contributed by atoms with E-state index in [-0.39, 0.29) is 24.5 Å². The Balaban J connectivity index is 1.67. The van der Waals surface area contributed by atoms with Crippen molar-refractivity contribution in [2.45, 2.75) is 64.6 Å². The number of carbonyl (C=O) groups excluding carboxylic acids is 2. The Kier molecular flexibility index (Phi) is 7.89. The minimum Gasteiger partial charge on any atom is -0.484 e. The molecule has 30 heavy (non-hydrogen) atoms. The summed E-state index contributed by atoms with van der Waals surface area (Å²) in [5, 5.41) is 3.15. The molecule has 1 atom stereocenters. The molecule has 1 N–H and O–H groups in total. The normalized spacial score (nSPS) is 15.3. The molecule has 5 nitrogen and oxygen atoms in total. The third-order valence-corrected chi connectivity index (χ3v) is 5.70. The Labute approximate surface area is 179 Å². The Morgan fingerprint density at radius 2 is 1.70 bits per heavy atom. The molecule has 1 aliphatic rings. The molecule has 0 aliphatic heterocycles. The molecule has 2 aromatic carbocycles. The van der Waals surface area contributed by atoms with Gasteiger partial charge in [-0.2, -0.15) is 0 Å². The highest BCUT2D eigenvalue weighted by Crippen LogP contribution is 2.18. The highest BCUT2D eigenvalue weighted by molar-refractivity contribution is 5.88. The summed E-state index contributed by atoms with van der Waals surface area (Å²) < 4.78 is 5.70. The van der Waals surface area contributed by atoms with Gasteiger partial charge in [-0.3, -0.25) is 9.59 Å². The van der Waals surface area contributed by atoms with Gasteiger partial charge in [-0.15, -0.1) is 0 Å². The van der Waals surface area contributed by atoms with Crippen LogP contribution in [0.5, 0.6) is 5.75 Å². The van der Waals surface area contributed by atoms with E-state index in [1.807, 2.05) is 61.5 Å². The molecule has 0 unspecified atom stereocenters. The first-order valence-electron chi connectivity index (χ1n) is 10.9. The molecular formula is C25H32N2O3. The van der Waals surface area contributed by atoms with Crippen LogP contribution >= 0.6 is 0 Å². The van der Waals surface area contributed by atoms with Crippen molar-refractivity contribution in [3.8, 4) is 5.75 Å². The Morgan fingerprint density at radius 1 is 1.03 bits per heavy atom. The van der Waals surface area contributed by atoms with Gasteiger partial charge in [-0.1, -0.05) is 67.3 Å². The fraction of sp³-hybridized carbons (Fsp3) is 0.440. The van der Waals surface area contributed by atoms with Gasteiger partial charge in [0, 0.05) is 12.6 Å². The summed E-state index contributed by atoms with van der Waals surface area (Å²) in [5.41, 5.74) is 2.12. The van der Waals surface area contributed by atoms with Crippen LogP contribution in [0.15, 0.2) is 54.6 Å². The zero-order chi connectivity index (χ0) is 21.3. The lowest BCUT2D eigenvalue weighted by molar-refractivity contribution is -0.142. The number of nitrogens with one attached hydrogen (secondary N) is 1. The zero-order valence-electron chi connectivity index (χ0n) is 18.0. The average Bonchev–Trinajstić information content (AvgIpc) is 2.78. The van der Waals surface area contributed by atoms with Crippen molar-refractivity contribution in [1.29, 1.82) is 0 Å². The van der Waals surface area contributed by atoms with E-state index in [0.29, 0.717) is 12.3 Å². The van der Waals surface area contributed by atoms with Gasteiger partial charge >= 0.3 is 0 Å². The number of aryl methyl sites for hydroxylation is 1. The number of carbonyl (C=O) groups is 2. The first-order valence-corrected chi connectivity index (χ1v) is 10.9. The van der Waals surface area contributed by atoms with Gasteiger partial charge in [0.15, 0.2) is 6.61 Å². The van der Waals surface area contributed by atoms with Crippen molar-refractivity contribution >= 4 is 11.8 Å². The first kappa shape index (κ1) is 21.9. The van der Waals surface area contributed by atoms with Crippen LogP contribution in [0.2, 0.25) is 0 Å². The number of ether oxygens (including phenoxy) is 1. The van der Waals surface area contributed by atoms with Crippen molar-refractivity contribution in [2.24, 2.45) is 0 Å². The van der Waals surface area contributed by atoms with E-state index in [1.165, 1.54) is 6.42 Å². The molecule has 3 rings (SSSR count). The summed E-state index contributed by atoms with van der Waals surface area (Å²) in [4.78, 5) is 27.6. The van der Waals surface area contributed by atoms with Crippen molar-refractivity contribution in [2.75, 3.05) is 6.61 Å². The first-order chi connectivity index (χ1) is 14.5. The van der Waals surface area contributed by atoms with Gasteiger partial charge in [-0.25, -0.2) is 0 Å². The number of rotatable bonds is 8. The van der Waals surface area contributed by atoms with Crippen LogP contribution in [-0.2, 0) is 16.1 Å². The van der Waals surface area contributed by atoms with Crippen molar-refractivity contribution in [3.63, 3.8) is 0 Å². The molecule has 5 heteroatoms. The molecule has 2 amide bonds. The fourth-order valence-corrected chi connectivity index (χ4v) is 3.79. The van der Waals surface area contributed by atoms with Crippen LogP contribution in [-0.4, -0.2) is 35.4 Å². The third-order valence-electron chi connectivity index (χ3n) is 5.70. The Hall–Kier alpha value is -2.82. The Morgan fingerprint density at radius 3 is 2.37 bits per heavy atom. The molecule has 2 aromatic rings. The quantitative estimate of drug-likeness (QED) is 0.711. The maximum Gasteiger partial charge on any atom is 0.261 e. The number of nitrogens with zero attached hydrogens (tertiary/aromatic N) is 1. The molecule has 0 heterocycles. The summed E-state index contributed by atoms with van der Waals surface area (Å²) in [7, 11) is 0. The lowest BCUT2D eigenvalue weighted by Gasteiger charge is -2.31. The van der Waals surface area contributed by atoms with E-state index in [4.69, 9.17) is 4.74 Å². The third kappa shape index (κ3) is 6.34. The van der Waals surface area contributed by atoms with Crippen LogP contribution in [0, 0.1) is 6.92 Å². The summed E-state index contributed by atoms with van der Waals surface area (Å²) in [6, 6.07) is 17.0. The number of hydrogen-bond acceptors (Lipinski definition) is 3. The number of benzene rings is 2. The fourth-order valence-electron chi connectivity index (χ4n) is 3.79. The smallest absolute Gasteiger partial charge is 0.261 e. The average molecular weight is 409 g/mol. The molecule has 0 radical (unpaired) electrons. The minimum atomic E-state index is -0.568. The van der Waals surface area contributed by atoms with E-state index in [9.17, 15) is 9.59 Å². The minimum absolute atomic E-state index is 0.0958. The van der Waals surface area contributed by atoms with E-state index < -0.39 is 6.04 Å². The monoisotopic (exact) mass is 408 g/mol. The SMILES string of the molecule is Cc1ccc(OCC(=O)N(Cc2ccccc2)[C@@H](C)C(=O)NC2CCCCC2)cc1. The summed E-state index contributed by atoms with van der Waals surface area (Å²) in [6.45, 7) is 4.07. The summed E-state index contributed by atoms with van der Waals surface area (Å²) >= 11 is 0. The van der Waals surface area contributed by atoms with Gasteiger partial charge in [0.2, 0.25) is 5.91 Å². The van der Waals surface area contributed by atoms with Crippen LogP contribution < -0.4 is 10.1 Å². The van der Waals surface area contributed by atoms with E-state index in [2.05, 4.69) is 5.32 Å². The maximum absolute atomic E-state index is 13.0. The van der Waals surface area contributed by atoms with E-state index in [1.54, 1.807) is 11.8 Å². The molecule has 1 fully saturated rings. The molecular weight excluding hydrogens is 376 g/mol. The zero-order valence-corrected chi connectivity index (χ0v) is 18.0. The second-order valence-corrected chi connectivity index (χ2v) is 8.13. The highest BCUT2D eigenvalue weighted by atomic mass is 16.5. The highest BCUT2D eigenvalue weighted by Gasteiger charge is 2.28. The van der Waals surface area contributed by atoms with Crippen molar-refractivity contribution in [3.05, 3.63) is 65.7 Å². The standard InChI is InChI=1S/C25H32N2O3/c1-19-13-15-23(16-14-19)30-18-24(28)27(17-21-9-5-3-6-10-21)20(2)25(29)26-22-11-7-4-8-12-22/h3,5-6,9-10,13-16,20,22H,4,7-8,11-12,17-18H2,1-2H3,(H,26,29)/t20-/m0/s1. The molecule has 0 saturated heterocycles. The van der Waals surface area contributed by atoms with Crippen LogP contribution in [0.4, 0.5) is 0 Å². The molecule has 0 spiro atoms. The molecule has 0 bridgehead atoms. The largest absolute Gasteiger partial charge is 0.484 e. The van der Waals surface area contributed by atoms with Crippen LogP contribution in [0.25, 0.3) is 0 Å². The van der Waals surface area contributed by atoms with Crippen LogP contribution in [0.3, 0.4) is 0 Å². The van der Waals surface area contributed by atoms with Gasteiger partial charge in [-0.05, 0) is 44.4 Å². The van der Waals surface area contributed by atoms with Crippen molar-refractivity contribution < 1.29 is 14.3 Å². The number of hydrogen-bond donors (Lipinski definition) is 1. The Bertz CT molecular complexity index is 814. The summed E-state index contributed by atoms with van der Waals surface area (Å²) in [5.74, 6) is 0.347. The van der Waals surface area contributed by atoms with Crippen molar-refractivity contribution in [1.82, 2.24) is 10.2 Å². The van der Waals surface area contributed by atoms with E-state index >= 15 is 0 Å². The summed E-state index contributed by atoms with van der Waals surface area (Å²) in [6.07, 6.45) is 5.56. The van der Waals surface area contributed by atoms with Gasteiger partial charge < -0.3 is 15.0 Å². The lowest BCUT2D eigenvalue weighted by atomic mass is 9.95. The molecule has 0 aromatic heterocycles. The molecule has 1 saturated carbocycles. The second kappa shape index (κ2) is 10.8. The van der Waals surface area contributed by atoms with Gasteiger partial charge in [0.25, 0.3) is 5.91 Å². The van der Waals surface area contributed by atoms with Gasteiger partial charge in [0.05, 0.1) is 0 Å². The number of amides is 2. The second-order valence-electron chi connectivity index (χ2n) is 8.13. The van der Waals surface area contributed by atoms with Crippen LogP contribution in [0.1, 0.15) is 50.2 Å². The molecule has 160 valence electrons. The lowest BCUT2D eigenvalue weighted by Crippen LogP contribution is -2.51. The predicted molar refractivity (Wildman–Crippen MR) is 118 cm³/mol. The maximum atomic E-state index is 13.0. The van der Waals surface area contributed by atoms with E-state index in [0.717, 1.165) is 36.8 Å².